The second-order valence-electron chi connectivity index (χ2n) is 7.59. The number of methoxy groups -OCH3 is 1. The summed E-state index contributed by atoms with van der Waals surface area (Å²) in [6.07, 6.45) is -2.91. The van der Waals surface area contributed by atoms with Gasteiger partial charge in [-0.1, -0.05) is 6.07 Å². The zero-order valence-electron chi connectivity index (χ0n) is 17.0. The first-order chi connectivity index (χ1) is 14.0. The summed E-state index contributed by atoms with van der Waals surface area (Å²) in [6, 6.07) is 10.8. The summed E-state index contributed by atoms with van der Waals surface area (Å²) in [5.74, 6) is 0.411. The summed E-state index contributed by atoms with van der Waals surface area (Å²) in [6.45, 7) is 5.86. The molecule has 2 N–H and O–H groups in total. The van der Waals surface area contributed by atoms with Crippen molar-refractivity contribution in [2.45, 2.75) is 32.5 Å². The Morgan fingerprint density at radius 2 is 1.70 bits per heavy atom. The van der Waals surface area contributed by atoms with E-state index < -0.39 is 11.7 Å². The monoisotopic (exact) mass is 417 g/mol. The molecule has 0 aliphatic heterocycles. The van der Waals surface area contributed by atoms with Gasteiger partial charge < -0.3 is 15.4 Å². The minimum absolute atomic E-state index is 0.218. The molecule has 1 aromatic carbocycles. The van der Waals surface area contributed by atoms with Crippen molar-refractivity contribution >= 4 is 17.5 Å². The van der Waals surface area contributed by atoms with E-state index in [1.807, 2.05) is 26.8 Å². The molecule has 2 aromatic heterocycles. The first kappa shape index (κ1) is 21.4. The fourth-order valence-electron chi connectivity index (χ4n) is 2.70. The number of alkyl halides is 3. The van der Waals surface area contributed by atoms with Gasteiger partial charge in [0, 0.05) is 23.5 Å². The fourth-order valence-corrected chi connectivity index (χ4v) is 2.70. The van der Waals surface area contributed by atoms with E-state index in [1.165, 1.54) is 19.2 Å². The predicted molar refractivity (Wildman–Crippen MR) is 110 cm³/mol. The second kappa shape index (κ2) is 8.17. The number of ether oxygens (including phenoxy) is 1. The van der Waals surface area contributed by atoms with Crippen LogP contribution in [0, 0.1) is 0 Å². The number of hydrogen-bond acceptors (Lipinski definition) is 6. The molecule has 0 atom stereocenters. The third kappa shape index (κ3) is 5.37. The van der Waals surface area contributed by atoms with E-state index in [9.17, 15) is 13.2 Å². The van der Waals surface area contributed by atoms with Gasteiger partial charge in [-0.15, -0.1) is 0 Å². The van der Waals surface area contributed by atoms with Crippen LogP contribution in [-0.2, 0) is 6.18 Å². The largest absolute Gasteiger partial charge is 0.496 e. The Hall–Kier alpha value is -3.36. The molecule has 2 heterocycles. The Kier molecular flexibility index (Phi) is 5.82. The molecule has 0 aliphatic carbocycles. The minimum Gasteiger partial charge on any atom is -0.496 e. The summed E-state index contributed by atoms with van der Waals surface area (Å²) in [5.41, 5.74) is 0.177. The molecular weight excluding hydrogens is 395 g/mol. The van der Waals surface area contributed by atoms with Crippen LogP contribution in [0.15, 0.2) is 48.7 Å². The summed E-state index contributed by atoms with van der Waals surface area (Å²) in [5, 5.41) is 6.11. The van der Waals surface area contributed by atoms with Crippen LogP contribution in [0.1, 0.15) is 26.3 Å². The van der Waals surface area contributed by atoms with Crippen LogP contribution < -0.4 is 15.4 Å². The average molecular weight is 417 g/mol. The molecule has 0 spiro atoms. The number of hydrogen-bond donors (Lipinski definition) is 2. The SMILES string of the molecule is COc1ccc(Nc2cc(-c3ccccn3)nc(NC(C)(C)C)n2)cc1C(F)(F)F. The number of nitrogens with one attached hydrogen (secondary N) is 2. The quantitative estimate of drug-likeness (QED) is 0.570. The Labute approximate surface area is 172 Å². The second-order valence-corrected chi connectivity index (χ2v) is 7.59. The number of nitrogens with zero attached hydrogens (tertiary/aromatic N) is 3. The number of rotatable bonds is 5. The summed E-state index contributed by atoms with van der Waals surface area (Å²) in [7, 11) is 1.20. The Morgan fingerprint density at radius 3 is 2.30 bits per heavy atom. The summed E-state index contributed by atoms with van der Waals surface area (Å²) >= 11 is 0. The Balaban J connectivity index is 2.02. The van der Waals surface area contributed by atoms with E-state index >= 15 is 0 Å². The van der Waals surface area contributed by atoms with E-state index in [0.717, 1.165) is 6.07 Å². The molecule has 0 unspecified atom stereocenters. The average Bonchev–Trinajstić information content (AvgIpc) is 2.66. The molecule has 0 fully saturated rings. The number of benzene rings is 1. The standard InChI is InChI=1S/C21H22F3N5O/c1-20(2,3)29-19-27-16(15-7-5-6-10-25-15)12-18(28-19)26-13-8-9-17(30-4)14(11-13)21(22,23)24/h5-12H,1-4H3,(H2,26,27,28,29). The maximum absolute atomic E-state index is 13.3. The minimum atomic E-state index is -4.55. The first-order valence-corrected chi connectivity index (χ1v) is 9.16. The van der Waals surface area contributed by atoms with E-state index in [4.69, 9.17) is 4.74 Å². The van der Waals surface area contributed by atoms with E-state index in [0.29, 0.717) is 23.2 Å². The molecular formula is C21H22F3N5O. The molecule has 30 heavy (non-hydrogen) atoms. The molecule has 0 aliphatic rings. The molecule has 0 saturated heterocycles. The molecule has 3 rings (SSSR count). The number of anilines is 3. The maximum Gasteiger partial charge on any atom is 0.420 e. The van der Waals surface area contributed by atoms with Crippen molar-refractivity contribution in [1.82, 2.24) is 15.0 Å². The van der Waals surface area contributed by atoms with Crippen LogP contribution in [-0.4, -0.2) is 27.6 Å². The molecule has 9 heteroatoms. The van der Waals surface area contributed by atoms with Gasteiger partial charge in [-0.3, -0.25) is 4.98 Å². The van der Waals surface area contributed by atoms with Gasteiger partial charge in [-0.2, -0.15) is 18.2 Å². The lowest BCUT2D eigenvalue weighted by molar-refractivity contribution is -0.138. The lowest BCUT2D eigenvalue weighted by atomic mass is 10.1. The molecule has 0 saturated carbocycles. The molecule has 158 valence electrons. The van der Waals surface area contributed by atoms with Gasteiger partial charge in [0.15, 0.2) is 0 Å². The fraction of sp³-hybridized carbons (Fsp3) is 0.286. The van der Waals surface area contributed by atoms with Crippen molar-refractivity contribution in [1.29, 1.82) is 0 Å². The van der Waals surface area contributed by atoms with Gasteiger partial charge in [0.05, 0.1) is 24.1 Å². The van der Waals surface area contributed by atoms with Crippen molar-refractivity contribution in [2.24, 2.45) is 0 Å². The van der Waals surface area contributed by atoms with Gasteiger partial charge in [0.1, 0.15) is 11.6 Å². The van der Waals surface area contributed by atoms with Crippen molar-refractivity contribution < 1.29 is 17.9 Å². The third-order valence-corrected chi connectivity index (χ3v) is 3.92. The molecule has 0 amide bonds. The van der Waals surface area contributed by atoms with Gasteiger partial charge in [-0.05, 0) is 51.1 Å². The highest BCUT2D eigenvalue weighted by Crippen LogP contribution is 2.38. The van der Waals surface area contributed by atoms with E-state index in [1.54, 1.807) is 24.4 Å². The Morgan fingerprint density at radius 1 is 0.933 bits per heavy atom. The normalized spacial score (nSPS) is 11.8. The number of halogens is 3. The van der Waals surface area contributed by atoms with Crippen LogP contribution >= 0.6 is 0 Å². The van der Waals surface area contributed by atoms with E-state index in [2.05, 4.69) is 25.6 Å². The highest BCUT2D eigenvalue weighted by molar-refractivity contribution is 5.66. The van der Waals surface area contributed by atoms with Crippen molar-refractivity contribution in [2.75, 3.05) is 17.7 Å². The lowest BCUT2D eigenvalue weighted by Crippen LogP contribution is -2.27. The van der Waals surface area contributed by atoms with Crippen molar-refractivity contribution in [3.05, 3.63) is 54.2 Å². The molecule has 0 bridgehead atoms. The zero-order chi connectivity index (χ0) is 21.9. The van der Waals surface area contributed by atoms with Crippen LogP contribution in [0.5, 0.6) is 5.75 Å². The summed E-state index contributed by atoms with van der Waals surface area (Å²) < 4.78 is 44.8. The number of pyridine rings is 1. The molecule has 3 aromatic rings. The van der Waals surface area contributed by atoms with Gasteiger partial charge in [0.25, 0.3) is 0 Å². The van der Waals surface area contributed by atoms with Crippen LogP contribution in [0.2, 0.25) is 0 Å². The van der Waals surface area contributed by atoms with Crippen molar-refractivity contribution in [3.8, 4) is 17.1 Å². The highest BCUT2D eigenvalue weighted by Gasteiger charge is 2.34. The molecule has 0 radical (unpaired) electrons. The Bertz CT molecular complexity index is 1020. The third-order valence-electron chi connectivity index (χ3n) is 3.92. The smallest absolute Gasteiger partial charge is 0.420 e. The van der Waals surface area contributed by atoms with E-state index in [-0.39, 0.29) is 17.0 Å². The van der Waals surface area contributed by atoms with Crippen LogP contribution in [0.4, 0.5) is 30.6 Å². The maximum atomic E-state index is 13.3. The predicted octanol–water partition coefficient (Wildman–Crippen LogP) is 5.52. The van der Waals surface area contributed by atoms with Crippen LogP contribution in [0.25, 0.3) is 11.4 Å². The number of aromatic nitrogens is 3. The van der Waals surface area contributed by atoms with Gasteiger partial charge in [-0.25, -0.2) is 4.98 Å². The topological polar surface area (TPSA) is 72.0 Å². The molecule has 6 nitrogen and oxygen atoms in total. The summed E-state index contributed by atoms with van der Waals surface area (Å²) in [4.78, 5) is 13.2. The lowest BCUT2D eigenvalue weighted by Gasteiger charge is -2.21. The first-order valence-electron chi connectivity index (χ1n) is 9.16. The van der Waals surface area contributed by atoms with Gasteiger partial charge >= 0.3 is 6.18 Å². The highest BCUT2D eigenvalue weighted by atomic mass is 19.4. The van der Waals surface area contributed by atoms with Crippen LogP contribution in [0.3, 0.4) is 0 Å². The zero-order valence-corrected chi connectivity index (χ0v) is 17.0. The van der Waals surface area contributed by atoms with Gasteiger partial charge in [0.2, 0.25) is 5.95 Å². The van der Waals surface area contributed by atoms with Crippen molar-refractivity contribution in [3.63, 3.8) is 0 Å².